The third kappa shape index (κ3) is 6.06. The van der Waals surface area contributed by atoms with Crippen molar-refractivity contribution in [2.24, 2.45) is 0 Å². The molecule has 0 aromatic heterocycles. The Bertz CT molecular complexity index is 412. The van der Waals surface area contributed by atoms with E-state index < -0.39 is 0 Å². The van der Waals surface area contributed by atoms with Gasteiger partial charge >= 0.3 is 0 Å². The molecule has 0 bridgehead atoms. The van der Waals surface area contributed by atoms with E-state index in [-0.39, 0.29) is 0 Å². The molecule has 0 unspecified atom stereocenters. The fourth-order valence-corrected chi connectivity index (χ4v) is 1.72. The van der Waals surface area contributed by atoms with Crippen LogP contribution in [0.4, 0.5) is 0 Å². The number of halogens is 1. The van der Waals surface area contributed by atoms with Crippen molar-refractivity contribution in [2.45, 2.75) is 11.5 Å². The third-order valence-corrected chi connectivity index (χ3v) is 3.10. The van der Waals surface area contributed by atoms with Crippen LogP contribution < -0.4 is 0 Å². The van der Waals surface area contributed by atoms with E-state index in [9.17, 15) is 0 Å². The highest BCUT2D eigenvalue weighted by Crippen LogP contribution is 2.10. The first-order valence-electron chi connectivity index (χ1n) is 5.26. The van der Waals surface area contributed by atoms with Gasteiger partial charge in [-0.05, 0) is 23.3 Å². The van der Waals surface area contributed by atoms with Gasteiger partial charge in [-0.2, -0.15) is 25.3 Å². The largest absolute Gasteiger partial charge is 0.175 e. The minimum absolute atomic E-state index is 0.775. The van der Waals surface area contributed by atoms with Crippen LogP contribution in [0.2, 0.25) is 5.02 Å². The monoisotopic (exact) mass is 282 g/mol. The van der Waals surface area contributed by atoms with E-state index in [1.54, 1.807) is 0 Å². The van der Waals surface area contributed by atoms with Crippen molar-refractivity contribution in [3.8, 4) is 0 Å². The lowest BCUT2D eigenvalue weighted by Crippen LogP contribution is -1.73. The van der Waals surface area contributed by atoms with Gasteiger partial charge in [0.1, 0.15) is 0 Å². The van der Waals surface area contributed by atoms with Gasteiger partial charge in [-0.15, -0.1) is 0 Å². The average Bonchev–Trinajstić information content (AvgIpc) is 2.41. The Kier molecular flexibility index (Phi) is 7.25. The maximum absolute atomic E-state index is 5.64. The zero-order valence-electron chi connectivity index (χ0n) is 9.38. The standard InChI is InChI=1S/C7H7ClS.C7H8S/c8-7-3-1-6(5-9)2-4-7;8-6-7-4-2-1-3-5-7/h1-4,9H,5H2;1-5,8H,6H2. The summed E-state index contributed by atoms with van der Waals surface area (Å²) in [6, 6.07) is 17.8. The average molecular weight is 283 g/mol. The molecular formula is C14H15ClS2. The molecule has 2 aromatic carbocycles. The number of benzene rings is 2. The number of thiol groups is 2. The first-order valence-corrected chi connectivity index (χ1v) is 6.90. The van der Waals surface area contributed by atoms with Crippen LogP contribution >= 0.6 is 36.9 Å². The van der Waals surface area contributed by atoms with E-state index in [1.807, 2.05) is 42.5 Å². The first kappa shape index (κ1) is 14.5. The van der Waals surface area contributed by atoms with E-state index in [0.29, 0.717) is 0 Å². The van der Waals surface area contributed by atoms with Crippen LogP contribution in [-0.2, 0) is 11.5 Å². The number of hydrogen-bond acceptors (Lipinski definition) is 2. The molecule has 0 saturated carbocycles. The van der Waals surface area contributed by atoms with Crippen LogP contribution in [0.5, 0.6) is 0 Å². The summed E-state index contributed by atoms with van der Waals surface area (Å²) in [4.78, 5) is 0. The molecule has 0 nitrogen and oxygen atoms in total. The van der Waals surface area contributed by atoms with Crippen LogP contribution in [-0.4, -0.2) is 0 Å². The lowest BCUT2D eigenvalue weighted by Gasteiger charge is -1.92. The topological polar surface area (TPSA) is 0 Å². The zero-order valence-corrected chi connectivity index (χ0v) is 11.9. The summed E-state index contributed by atoms with van der Waals surface area (Å²) in [5.74, 6) is 1.61. The predicted octanol–water partition coefficient (Wildman–Crippen LogP) is 4.89. The molecule has 0 spiro atoms. The summed E-state index contributed by atoms with van der Waals surface area (Å²) >= 11 is 13.9. The van der Waals surface area contributed by atoms with E-state index >= 15 is 0 Å². The maximum atomic E-state index is 5.64. The Hall–Kier alpha value is -0.570. The minimum Gasteiger partial charge on any atom is -0.175 e. The fourth-order valence-electron chi connectivity index (χ4n) is 1.17. The smallest absolute Gasteiger partial charge is 0.0406 e. The molecule has 0 atom stereocenters. The Morgan fingerprint density at radius 2 is 1.18 bits per heavy atom. The van der Waals surface area contributed by atoms with Gasteiger partial charge in [0, 0.05) is 16.5 Å². The normalized spacial score (nSPS) is 9.35. The predicted molar refractivity (Wildman–Crippen MR) is 83.3 cm³/mol. The van der Waals surface area contributed by atoms with Gasteiger partial charge in [0.2, 0.25) is 0 Å². The molecule has 2 aromatic rings. The van der Waals surface area contributed by atoms with Gasteiger partial charge in [0.15, 0.2) is 0 Å². The fraction of sp³-hybridized carbons (Fsp3) is 0.143. The third-order valence-electron chi connectivity index (χ3n) is 2.12. The van der Waals surface area contributed by atoms with Crippen molar-refractivity contribution in [2.75, 3.05) is 0 Å². The maximum Gasteiger partial charge on any atom is 0.0406 e. The van der Waals surface area contributed by atoms with Crippen molar-refractivity contribution >= 4 is 36.9 Å². The number of rotatable bonds is 2. The SMILES string of the molecule is SCc1ccc(Cl)cc1.SCc1ccccc1. The molecule has 0 N–H and O–H groups in total. The molecule has 17 heavy (non-hydrogen) atoms. The highest BCUT2D eigenvalue weighted by atomic mass is 35.5. The second-order valence-electron chi connectivity index (χ2n) is 3.43. The Labute approximate surface area is 119 Å². The molecule has 0 fully saturated rings. The lowest BCUT2D eigenvalue weighted by molar-refractivity contribution is 1.43. The molecule has 0 saturated heterocycles. The van der Waals surface area contributed by atoms with E-state index in [0.717, 1.165) is 16.5 Å². The van der Waals surface area contributed by atoms with Crippen LogP contribution in [0.1, 0.15) is 11.1 Å². The molecule has 0 aliphatic heterocycles. The summed E-state index contributed by atoms with van der Waals surface area (Å²) < 4.78 is 0. The summed E-state index contributed by atoms with van der Waals surface area (Å²) in [6.45, 7) is 0. The molecule has 0 radical (unpaired) electrons. The van der Waals surface area contributed by atoms with Crippen molar-refractivity contribution in [3.63, 3.8) is 0 Å². The molecule has 0 amide bonds. The van der Waals surface area contributed by atoms with Gasteiger partial charge in [-0.3, -0.25) is 0 Å². The van der Waals surface area contributed by atoms with Crippen LogP contribution in [0.25, 0.3) is 0 Å². The zero-order chi connectivity index (χ0) is 12.5. The summed E-state index contributed by atoms with van der Waals surface area (Å²) in [5.41, 5.74) is 2.47. The molecule has 2 rings (SSSR count). The van der Waals surface area contributed by atoms with Crippen LogP contribution in [0, 0.1) is 0 Å². The Balaban J connectivity index is 0.000000171. The van der Waals surface area contributed by atoms with E-state index in [4.69, 9.17) is 11.6 Å². The van der Waals surface area contributed by atoms with Crippen molar-refractivity contribution in [3.05, 3.63) is 70.7 Å². The van der Waals surface area contributed by atoms with E-state index in [1.165, 1.54) is 11.1 Å². The van der Waals surface area contributed by atoms with Crippen molar-refractivity contribution < 1.29 is 0 Å². The molecule has 0 aliphatic rings. The molecule has 0 aliphatic carbocycles. The first-order chi connectivity index (χ1) is 8.26. The highest BCUT2D eigenvalue weighted by Gasteiger charge is 1.86. The van der Waals surface area contributed by atoms with Crippen LogP contribution in [0.3, 0.4) is 0 Å². The quantitative estimate of drug-likeness (QED) is 0.720. The molecule has 3 heteroatoms. The number of hydrogen-bond donors (Lipinski definition) is 2. The second kappa shape index (κ2) is 8.51. The van der Waals surface area contributed by atoms with Crippen LogP contribution in [0.15, 0.2) is 54.6 Å². The van der Waals surface area contributed by atoms with Crippen molar-refractivity contribution in [1.29, 1.82) is 0 Å². The van der Waals surface area contributed by atoms with E-state index in [2.05, 4.69) is 37.4 Å². The van der Waals surface area contributed by atoms with Gasteiger partial charge in [0.05, 0.1) is 0 Å². The second-order valence-corrected chi connectivity index (χ2v) is 4.50. The lowest BCUT2D eigenvalue weighted by atomic mass is 10.2. The minimum atomic E-state index is 0.775. The summed E-state index contributed by atoms with van der Waals surface area (Å²) in [5, 5.41) is 0.778. The summed E-state index contributed by atoms with van der Waals surface area (Å²) in [6.07, 6.45) is 0. The summed E-state index contributed by atoms with van der Waals surface area (Å²) in [7, 11) is 0. The highest BCUT2D eigenvalue weighted by molar-refractivity contribution is 7.79. The molecule has 90 valence electrons. The van der Waals surface area contributed by atoms with Gasteiger partial charge in [0.25, 0.3) is 0 Å². The van der Waals surface area contributed by atoms with Gasteiger partial charge < -0.3 is 0 Å². The van der Waals surface area contributed by atoms with Gasteiger partial charge in [-0.1, -0.05) is 54.1 Å². The van der Waals surface area contributed by atoms with Gasteiger partial charge in [-0.25, -0.2) is 0 Å². The molecule has 0 heterocycles. The van der Waals surface area contributed by atoms with Crippen molar-refractivity contribution in [1.82, 2.24) is 0 Å². The Morgan fingerprint density at radius 1 is 0.706 bits per heavy atom. The Morgan fingerprint density at radius 3 is 1.59 bits per heavy atom. The molecular weight excluding hydrogens is 268 g/mol.